The molecule has 2 aliphatic heterocycles. The molecule has 5 nitrogen and oxygen atoms in total. The van der Waals surface area contributed by atoms with Gasteiger partial charge in [0.05, 0.1) is 17.4 Å². The van der Waals surface area contributed by atoms with E-state index < -0.39 is 18.1 Å². The van der Waals surface area contributed by atoms with Gasteiger partial charge in [0.1, 0.15) is 5.92 Å². The first-order chi connectivity index (χ1) is 15.5. The van der Waals surface area contributed by atoms with Crippen molar-refractivity contribution in [3.8, 4) is 0 Å². The minimum Gasteiger partial charge on any atom is -0.273 e. The number of hydrogen-bond donors (Lipinski definition) is 0. The molecule has 0 unspecified atom stereocenters. The van der Waals surface area contributed by atoms with Gasteiger partial charge in [-0.05, 0) is 53.9 Å². The molecule has 2 heterocycles. The molecule has 32 heavy (non-hydrogen) atoms. The average molecular weight is 467 g/mol. The number of hydroxylamine groups is 1. The van der Waals surface area contributed by atoms with Crippen LogP contribution in [0.2, 0.25) is 10.0 Å². The van der Waals surface area contributed by atoms with E-state index in [1.165, 1.54) is 4.90 Å². The number of anilines is 2. The molecule has 7 heteroatoms. The molecule has 0 radical (unpaired) electrons. The largest absolute Gasteiger partial charge is 0.273 e. The van der Waals surface area contributed by atoms with E-state index in [2.05, 4.69) is 6.92 Å². The highest BCUT2D eigenvalue weighted by Crippen LogP contribution is 2.49. The first-order valence-electron chi connectivity index (χ1n) is 10.4. The minimum absolute atomic E-state index is 0.307. The number of aryl methyl sites for hydroxylation is 1. The van der Waals surface area contributed by atoms with Gasteiger partial charge in [-0.3, -0.25) is 14.4 Å². The predicted molar refractivity (Wildman–Crippen MR) is 125 cm³/mol. The number of imide groups is 1. The van der Waals surface area contributed by atoms with Gasteiger partial charge in [-0.15, -0.1) is 0 Å². The van der Waals surface area contributed by atoms with Crippen LogP contribution < -0.4 is 9.96 Å². The number of carbonyl (C=O) groups is 2. The Kier molecular flexibility index (Phi) is 5.41. The number of amides is 2. The van der Waals surface area contributed by atoms with Crippen LogP contribution in [0.4, 0.5) is 11.4 Å². The lowest BCUT2D eigenvalue weighted by Crippen LogP contribution is -2.37. The summed E-state index contributed by atoms with van der Waals surface area (Å²) >= 11 is 12.7. The number of para-hydroxylation sites is 1. The highest BCUT2D eigenvalue weighted by molar-refractivity contribution is 6.35. The maximum atomic E-state index is 13.6. The Morgan fingerprint density at radius 3 is 2.25 bits per heavy atom. The van der Waals surface area contributed by atoms with Crippen LogP contribution in [0, 0.1) is 5.92 Å². The molecule has 0 aliphatic carbocycles. The fourth-order valence-electron chi connectivity index (χ4n) is 4.41. The zero-order valence-corrected chi connectivity index (χ0v) is 18.8. The van der Waals surface area contributed by atoms with E-state index in [1.807, 2.05) is 42.5 Å². The molecule has 0 bridgehead atoms. The highest BCUT2D eigenvalue weighted by atomic mass is 35.5. The summed E-state index contributed by atoms with van der Waals surface area (Å²) in [6.45, 7) is 2.05. The lowest BCUT2D eigenvalue weighted by molar-refractivity contribution is -0.126. The van der Waals surface area contributed by atoms with Crippen LogP contribution in [-0.4, -0.2) is 17.9 Å². The summed E-state index contributed by atoms with van der Waals surface area (Å²) in [7, 11) is 0. The molecule has 3 atom stereocenters. The standard InChI is InChI=1S/C25H20Cl2N2O3/c1-2-15-8-11-17(12-9-15)28-24(30)21-22(19-13-10-16(26)14-20(19)27)29(32-23(21)25(28)31)18-6-4-3-5-7-18/h3-14,21-23H,2H2,1H3/t21-,22-,23-/m0/s1. The van der Waals surface area contributed by atoms with Crippen molar-refractivity contribution < 1.29 is 14.4 Å². The topological polar surface area (TPSA) is 49.9 Å². The molecular weight excluding hydrogens is 447 g/mol. The molecule has 2 fully saturated rings. The summed E-state index contributed by atoms with van der Waals surface area (Å²) in [6, 6.07) is 21.4. The number of fused-ring (bicyclic) bond motifs is 1. The van der Waals surface area contributed by atoms with Crippen LogP contribution in [0.25, 0.3) is 0 Å². The first kappa shape index (κ1) is 21.0. The van der Waals surface area contributed by atoms with Gasteiger partial charge in [-0.25, -0.2) is 9.96 Å². The maximum Gasteiger partial charge on any atom is 0.266 e. The van der Waals surface area contributed by atoms with E-state index in [9.17, 15) is 9.59 Å². The van der Waals surface area contributed by atoms with E-state index in [0.717, 1.165) is 17.7 Å². The van der Waals surface area contributed by atoms with E-state index in [0.29, 0.717) is 21.3 Å². The second-order valence-electron chi connectivity index (χ2n) is 7.86. The summed E-state index contributed by atoms with van der Waals surface area (Å²) in [5.74, 6) is -1.43. The van der Waals surface area contributed by atoms with Gasteiger partial charge >= 0.3 is 0 Å². The fourth-order valence-corrected chi connectivity index (χ4v) is 4.93. The Bertz CT molecular complexity index is 1180. The van der Waals surface area contributed by atoms with E-state index in [-0.39, 0.29) is 11.8 Å². The van der Waals surface area contributed by atoms with Gasteiger partial charge in [-0.2, -0.15) is 0 Å². The number of nitrogens with zero attached hydrogens (tertiary/aromatic N) is 2. The van der Waals surface area contributed by atoms with E-state index >= 15 is 0 Å². The third kappa shape index (κ3) is 3.37. The van der Waals surface area contributed by atoms with E-state index in [1.54, 1.807) is 35.4 Å². The summed E-state index contributed by atoms with van der Waals surface area (Å²) in [4.78, 5) is 34.3. The lowest BCUT2D eigenvalue weighted by Gasteiger charge is -2.29. The molecular formula is C25H20Cl2N2O3. The lowest BCUT2D eigenvalue weighted by atomic mass is 9.90. The summed E-state index contributed by atoms with van der Waals surface area (Å²) in [5, 5.41) is 2.53. The molecule has 2 amide bonds. The number of rotatable bonds is 4. The molecule has 2 aliphatic rings. The highest BCUT2D eigenvalue weighted by Gasteiger charge is 2.60. The van der Waals surface area contributed by atoms with Gasteiger partial charge < -0.3 is 0 Å². The second-order valence-corrected chi connectivity index (χ2v) is 8.70. The molecule has 162 valence electrons. The number of carbonyl (C=O) groups excluding carboxylic acids is 2. The third-order valence-corrected chi connectivity index (χ3v) is 6.57. The molecule has 0 N–H and O–H groups in total. The summed E-state index contributed by atoms with van der Waals surface area (Å²) in [5.41, 5.74) is 3.09. The van der Waals surface area contributed by atoms with Gasteiger partial charge in [0, 0.05) is 10.0 Å². The van der Waals surface area contributed by atoms with Crippen LogP contribution in [0.1, 0.15) is 24.1 Å². The SMILES string of the molecule is CCc1ccc(N2C(=O)[C@@H]3[C@H](ON(c4ccccc4)[C@H]3c3ccc(Cl)cc3Cl)C2=O)cc1. The quantitative estimate of drug-likeness (QED) is 0.469. The third-order valence-electron chi connectivity index (χ3n) is 6.01. The van der Waals surface area contributed by atoms with Crippen molar-refractivity contribution in [2.75, 3.05) is 9.96 Å². The Morgan fingerprint density at radius 2 is 1.59 bits per heavy atom. The summed E-state index contributed by atoms with van der Waals surface area (Å²) < 4.78 is 0. The summed E-state index contributed by atoms with van der Waals surface area (Å²) in [6.07, 6.45) is -0.0648. The Morgan fingerprint density at radius 1 is 0.875 bits per heavy atom. The zero-order chi connectivity index (χ0) is 22.4. The second kappa shape index (κ2) is 8.24. The molecule has 0 aromatic heterocycles. The Labute approximate surface area is 196 Å². The molecule has 5 rings (SSSR count). The van der Waals surface area contributed by atoms with Gasteiger partial charge in [0.15, 0.2) is 6.10 Å². The smallest absolute Gasteiger partial charge is 0.266 e. The van der Waals surface area contributed by atoms with Gasteiger partial charge in [0.25, 0.3) is 5.91 Å². The molecule has 2 saturated heterocycles. The average Bonchev–Trinajstić information content (AvgIpc) is 3.30. The molecule has 0 saturated carbocycles. The Balaban J connectivity index is 1.58. The van der Waals surface area contributed by atoms with E-state index in [4.69, 9.17) is 28.0 Å². The molecule has 3 aromatic rings. The maximum absolute atomic E-state index is 13.6. The predicted octanol–water partition coefficient (Wildman–Crippen LogP) is 5.61. The number of hydrogen-bond acceptors (Lipinski definition) is 4. The van der Waals surface area contributed by atoms with Crippen LogP contribution in [-0.2, 0) is 20.8 Å². The van der Waals surface area contributed by atoms with Crippen molar-refractivity contribution in [3.63, 3.8) is 0 Å². The van der Waals surface area contributed by atoms with Crippen molar-refractivity contribution in [2.45, 2.75) is 25.5 Å². The number of benzene rings is 3. The van der Waals surface area contributed by atoms with Crippen molar-refractivity contribution in [2.24, 2.45) is 5.92 Å². The first-order valence-corrected chi connectivity index (χ1v) is 11.2. The van der Waals surface area contributed by atoms with Gasteiger partial charge in [-0.1, -0.05) is 66.5 Å². The van der Waals surface area contributed by atoms with Crippen LogP contribution in [0.5, 0.6) is 0 Å². The van der Waals surface area contributed by atoms with Crippen molar-refractivity contribution in [1.29, 1.82) is 0 Å². The Hall–Kier alpha value is -2.86. The van der Waals surface area contributed by atoms with Crippen LogP contribution in [0.3, 0.4) is 0 Å². The minimum atomic E-state index is -0.940. The normalized spacial score (nSPS) is 22.5. The van der Waals surface area contributed by atoms with Crippen molar-refractivity contribution >= 4 is 46.4 Å². The zero-order valence-electron chi connectivity index (χ0n) is 17.2. The van der Waals surface area contributed by atoms with Crippen LogP contribution >= 0.6 is 23.2 Å². The van der Waals surface area contributed by atoms with Crippen molar-refractivity contribution in [1.82, 2.24) is 0 Å². The molecule has 0 spiro atoms. The number of halogens is 2. The monoisotopic (exact) mass is 466 g/mol. The fraction of sp³-hybridized carbons (Fsp3) is 0.200. The molecule has 3 aromatic carbocycles. The van der Waals surface area contributed by atoms with Gasteiger partial charge in [0.2, 0.25) is 5.91 Å². The van der Waals surface area contributed by atoms with Crippen LogP contribution in [0.15, 0.2) is 72.8 Å². The van der Waals surface area contributed by atoms with Crippen molar-refractivity contribution in [3.05, 3.63) is 94.0 Å².